The van der Waals surface area contributed by atoms with Crippen molar-refractivity contribution in [1.29, 1.82) is 0 Å². The Bertz CT molecular complexity index is 403. The second-order valence-corrected chi connectivity index (χ2v) is 5.56. The van der Waals surface area contributed by atoms with Crippen LogP contribution in [0.1, 0.15) is 31.9 Å². The first-order valence-corrected chi connectivity index (χ1v) is 6.11. The zero-order chi connectivity index (χ0) is 13.9. The lowest BCUT2D eigenvalue weighted by molar-refractivity contribution is 0.124. The minimum atomic E-state index is -0.415. The molecule has 1 atom stereocenters. The number of nitrogens with two attached hydrogens (primary N) is 1. The average Bonchev–Trinajstić information content (AvgIpc) is 2.22. The van der Waals surface area contributed by atoms with Crippen LogP contribution in [0.2, 0.25) is 0 Å². The molecule has 0 bridgehead atoms. The molecule has 18 heavy (non-hydrogen) atoms. The number of halogens is 2. The third-order valence-corrected chi connectivity index (χ3v) is 3.30. The van der Waals surface area contributed by atoms with Crippen LogP contribution in [0.4, 0.5) is 8.78 Å². The van der Waals surface area contributed by atoms with E-state index in [9.17, 15) is 8.78 Å². The van der Waals surface area contributed by atoms with Crippen molar-refractivity contribution in [1.82, 2.24) is 4.90 Å². The van der Waals surface area contributed by atoms with Gasteiger partial charge in [-0.3, -0.25) is 0 Å². The molecule has 102 valence electrons. The summed E-state index contributed by atoms with van der Waals surface area (Å²) < 4.78 is 27.3. The lowest BCUT2D eigenvalue weighted by atomic mass is 9.77. The summed E-state index contributed by atoms with van der Waals surface area (Å²) in [6.07, 6.45) is 0.742. The van der Waals surface area contributed by atoms with Crippen LogP contribution in [-0.2, 0) is 0 Å². The van der Waals surface area contributed by atoms with E-state index >= 15 is 0 Å². The highest BCUT2D eigenvalue weighted by atomic mass is 19.1. The third kappa shape index (κ3) is 3.27. The van der Waals surface area contributed by atoms with Crippen LogP contribution in [0.5, 0.6) is 0 Å². The Labute approximate surface area is 108 Å². The summed E-state index contributed by atoms with van der Waals surface area (Å²) in [5.74, 6) is -0.790. The summed E-state index contributed by atoms with van der Waals surface area (Å²) in [5.41, 5.74) is 5.77. The number of hydrogen-bond donors (Lipinski definition) is 1. The van der Waals surface area contributed by atoms with Crippen molar-refractivity contribution in [3.8, 4) is 0 Å². The monoisotopic (exact) mass is 256 g/mol. The Morgan fingerprint density at radius 1 is 1.28 bits per heavy atom. The number of rotatable bonds is 5. The highest BCUT2D eigenvalue weighted by Crippen LogP contribution is 2.40. The first kappa shape index (κ1) is 15.1. The van der Waals surface area contributed by atoms with Gasteiger partial charge in [0.1, 0.15) is 11.6 Å². The predicted octanol–water partition coefficient (Wildman–Crippen LogP) is 2.94. The van der Waals surface area contributed by atoms with Crippen LogP contribution in [0.25, 0.3) is 0 Å². The van der Waals surface area contributed by atoms with E-state index in [1.807, 2.05) is 32.8 Å². The van der Waals surface area contributed by atoms with E-state index in [2.05, 4.69) is 0 Å². The van der Waals surface area contributed by atoms with Crippen LogP contribution < -0.4 is 5.73 Å². The first-order valence-electron chi connectivity index (χ1n) is 6.11. The van der Waals surface area contributed by atoms with Gasteiger partial charge in [0.2, 0.25) is 0 Å². The summed E-state index contributed by atoms with van der Waals surface area (Å²) in [5, 5.41) is 0. The van der Waals surface area contributed by atoms with Gasteiger partial charge in [0, 0.05) is 11.6 Å². The fourth-order valence-corrected chi connectivity index (χ4v) is 2.63. The maximum Gasteiger partial charge on any atom is 0.128 e. The molecule has 0 aromatic heterocycles. The molecule has 4 heteroatoms. The molecule has 2 N–H and O–H groups in total. The van der Waals surface area contributed by atoms with Gasteiger partial charge in [0.25, 0.3) is 0 Å². The standard InChI is InChI=1S/C14H22F2N2/c1-14(2,7-8-17)13(18(3)4)11-9-10(15)5-6-12(11)16/h5-6,9,13H,7-8,17H2,1-4H3. The minimum Gasteiger partial charge on any atom is -0.330 e. The molecule has 1 unspecified atom stereocenters. The fourth-order valence-electron chi connectivity index (χ4n) is 2.63. The van der Waals surface area contributed by atoms with Crippen LogP contribution in [-0.4, -0.2) is 25.5 Å². The molecule has 0 fully saturated rings. The summed E-state index contributed by atoms with van der Waals surface area (Å²) in [4.78, 5) is 1.91. The van der Waals surface area contributed by atoms with Crippen molar-refractivity contribution in [2.24, 2.45) is 11.1 Å². The zero-order valence-corrected chi connectivity index (χ0v) is 11.5. The Morgan fingerprint density at radius 2 is 1.89 bits per heavy atom. The quantitative estimate of drug-likeness (QED) is 0.877. The highest BCUT2D eigenvalue weighted by molar-refractivity contribution is 5.24. The van der Waals surface area contributed by atoms with E-state index in [0.717, 1.165) is 12.5 Å². The van der Waals surface area contributed by atoms with Gasteiger partial charge < -0.3 is 10.6 Å². The van der Waals surface area contributed by atoms with Crippen LogP contribution >= 0.6 is 0 Å². The minimum absolute atomic E-state index is 0.211. The van der Waals surface area contributed by atoms with Gasteiger partial charge in [0.05, 0.1) is 0 Å². The normalized spacial score (nSPS) is 14.0. The Balaban J connectivity index is 3.24. The Kier molecular flexibility index (Phi) is 4.82. The lowest BCUT2D eigenvalue weighted by Crippen LogP contribution is -2.35. The molecule has 1 aromatic rings. The predicted molar refractivity (Wildman–Crippen MR) is 70.2 cm³/mol. The number of hydrogen-bond acceptors (Lipinski definition) is 2. The van der Waals surface area contributed by atoms with Gasteiger partial charge in [-0.1, -0.05) is 13.8 Å². The van der Waals surface area contributed by atoms with Gasteiger partial charge >= 0.3 is 0 Å². The fraction of sp³-hybridized carbons (Fsp3) is 0.571. The number of nitrogens with zero attached hydrogens (tertiary/aromatic N) is 1. The molecule has 0 heterocycles. The zero-order valence-electron chi connectivity index (χ0n) is 11.5. The van der Waals surface area contributed by atoms with Crippen molar-refractivity contribution in [2.45, 2.75) is 26.3 Å². The van der Waals surface area contributed by atoms with E-state index in [1.54, 1.807) is 0 Å². The summed E-state index contributed by atoms with van der Waals surface area (Å²) in [7, 11) is 3.74. The molecular weight excluding hydrogens is 234 g/mol. The molecule has 0 saturated heterocycles. The van der Waals surface area contributed by atoms with E-state index in [1.165, 1.54) is 12.1 Å². The lowest BCUT2D eigenvalue weighted by Gasteiger charge is -2.39. The molecule has 0 radical (unpaired) electrons. The van der Waals surface area contributed by atoms with Crippen molar-refractivity contribution in [2.75, 3.05) is 20.6 Å². The molecule has 2 nitrogen and oxygen atoms in total. The third-order valence-electron chi connectivity index (χ3n) is 3.30. The van der Waals surface area contributed by atoms with Crippen LogP contribution in [0.3, 0.4) is 0 Å². The second kappa shape index (κ2) is 5.76. The molecule has 0 aliphatic rings. The molecule has 0 saturated carbocycles. The van der Waals surface area contributed by atoms with E-state index in [-0.39, 0.29) is 17.3 Å². The van der Waals surface area contributed by atoms with Crippen molar-refractivity contribution in [3.63, 3.8) is 0 Å². The topological polar surface area (TPSA) is 29.3 Å². The molecule has 1 aromatic carbocycles. The molecule has 0 amide bonds. The molecule has 0 spiro atoms. The summed E-state index contributed by atoms with van der Waals surface area (Å²) >= 11 is 0. The summed E-state index contributed by atoms with van der Waals surface area (Å²) in [6.45, 7) is 4.57. The second-order valence-electron chi connectivity index (χ2n) is 5.56. The van der Waals surface area contributed by atoms with E-state index in [0.29, 0.717) is 12.1 Å². The van der Waals surface area contributed by atoms with E-state index in [4.69, 9.17) is 5.73 Å². The van der Waals surface area contributed by atoms with Crippen LogP contribution in [0, 0.1) is 17.0 Å². The summed E-state index contributed by atoms with van der Waals surface area (Å²) in [6, 6.07) is 3.39. The maximum absolute atomic E-state index is 13.9. The Hall–Kier alpha value is -1.00. The van der Waals surface area contributed by atoms with Gasteiger partial charge in [-0.15, -0.1) is 0 Å². The SMILES string of the molecule is CN(C)C(c1cc(F)ccc1F)C(C)(C)CCN. The highest BCUT2D eigenvalue weighted by Gasteiger charge is 2.33. The van der Waals surface area contributed by atoms with Crippen molar-refractivity contribution in [3.05, 3.63) is 35.4 Å². The molecular formula is C14H22F2N2. The molecule has 0 aliphatic heterocycles. The molecule has 0 aliphatic carbocycles. The van der Waals surface area contributed by atoms with Gasteiger partial charge in [-0.05, 0) is 50.7 Å². The van der Waals surface area contributed by atoms with Gasteiger partial charge in [-0.2, -0.15) is 0 Å². The number of benzene rings is 1. The average molecular weight is 256 g/mol. The van der Waals surface area contributed by atoms with Crippen molar-refractivity contribution >= 4 is 0 Å². The smallest absolute Gasteiger partial charge is 0.128 e. The first-order chi connectivity index (χ1) is 8.29. The largest absolute Gasteiger partial charge is 0.330 e. The van der Waals surface area contributed by atoms with Crippen LogP contribution in [0.15, 0.2) is 18.2 Å². The maximum atomic E-state index is 13.9. The van der Waals surface area contributed by atoms with Gasteiger partial charge in [-0.25, -0.2) is 8.78 Å². The molecule has 1 rings (SSSR count). The van der Waals surface area contributed by atoms with E-state index < -0.39 is 5.82 Å². The van der Waals surface area contributed by atoms with Crippen molar-refractivity contribution < 1.29 is 8.78 Å². The van der Waals surface area contributed by atoms with Gasteiger partial charge in [0.15, 0.2) is 0 Å². The Morgan fingerprint density at radius 3 is 2.39 bits per heavy atom.